The second-order valence-electron chi connectivity index (χ2n) is 1.81. The van der Waals surface area contributed by atoms with Crippen molar-refractivity contribution in [1.82, 2.24) is 9.97 Å². The summed E-state index contributed by atoms with van der Waals surface area (Å²) in [6.45, 7) is 1.82. The second-order valence-corrected chi connectivity index (χ2v) is 1.81. The van der Waals surface area contributed by atoms with Gasteiger partial charge in [-0.3, -0.25) is 9.97 Å². The van der Waals surface area contributed by atoms with Crippen molar-refractivity contribution < 1.29 is 5.11 Å². The zero-order valence-corrected chi connectivity index (χ0v) is 5.20. The molecule has 0 spiro atoms. The van der Waals surface area contributed by atoms with Crippen molar-refractivity contribution in [3.63, 3.8) is 0 Å². The van der Waals surface area contributed by atoms with Gasteiger partial charge in [-0.05, 0) is 6.92 Å². The van der Waals surface area contributed by atoms with Crippen LogP contribution in [0.5, 0.6) is 0 Å². The molecule has 0 amide bonds. The maximum absolute atomic E-state index is 8.53. The van der Waals surface area contributed by atoms with Gasteiger partial charge in [0.05, 0.1) is 24.2 Å². The first-order chi connectivity index (χ1) is 4.33. The molecule has 3 nitrogen and oxygen atoms in total. The largest absolute Gasteiger partial charge is 0.390 e. The number of nitrogens with zero attached hydrogens (tertiary/aromatic N) is 2. The molecular weight excluding hydrogens is 116 g/mol. The summed E-state index contributed by atoms with van der Waals surface area (Å²) < 4.78 is 0. The Kier molecular flexibility index (Phi) is 1.75. The second kappa shape index (κ2) is 2.55. The van der Waals surface area contributed by atoms with E-state index in [4.69, 9.17) is 5.11 Å². The lowest BCUT2D eigenvalue weighted by Gasteiger charge is -1.92. The first kappa shape index (κ1) is 6.16. The molecule has 0 saturated carbocycles. The fraction of sp³-hybridized carbons (Fsp3) is 0.333. The summed E-state index contributed by atoms with van der Waals surface area (Å²) >= 11 is 0. The smallest absolute Gasteiger partial charge is 0.0868 e. The number of hydrogen-bond acceptors (Lipinski definition) is 3. The fourth-order valence-corrected chi connectivity index (χ4v) is 0.501. The fourth-order valence-electron chi connectivity index (χ4n) is 0.501. The number of hydrogen-bond donors (Lipinski definition) is 1. The Balaban J connectivity index is 2.88. The first-order valence-electron chi connectivity index (χ1n) is 2.71. The van der Waals surface area contributed by atoms with E-state index in [-0.39, 0.29) is 6.61 Å². The highest BCUT2D eigenvalue weighted by molar-refractivity contribution is 4.98. The van der Waals surface area contributed by atoms with Crippen LogP contribution in [0.2, 0.25) is 0 Å². The molecule has 1 aromatic rings. The van der Waals surface area contributed by atoms with Crippen LogP contribution in [0.3, 0.4) is 0 Å². The van der Waals surface area contributed by atoms with E-state index in [9.17, 15) is 0 Å². The van der Waals surface area contributed by atoms with Gasteiger partial charge in [0, 0.05) is 6.20 Å². The molecule has 0 aromatic carbocycles. The van der Waals surface area contributed by atoms with Crippen LogP contribution < -0.4 is 0 Å². The van der Waals surface area contributed by atoms with Crippen molar-refractivity contribution in [2.24, 2.45) is 0 Å². The number of aliphatic hydroxyl groups excluding tert-OH is 1. The summed E-state index contributed by atoms with van der Waals surface area (Å²) in [7, 11) is 0. The molecule has 0 atom stereocenters. The minimum absolute atomic E-state index is 0.0344. The van der Waals surface area contributed by atoms with Gasteiger partial charge in [-0.25, -0.2) is 0 Å². The molecule has 48 valence electrons. The average Bonchev–Trinajstić information content (AvgIpc) is 1.90. The van der Waals surface area contributed by atoms with Gasteiger partial charge in [-0.2, -0.15) is 0 Å². The van der Waals surface area contributed by atoms with E-state index in [2.05, 4.69) is 9.97 Å². The van der Waals surface area contributed by atoms with Gasteiger partial charge < -0.3 is 5.11 Å². The predicted molar refractivity (Wildman–Crippen MR) is 32.7 cm³/mol. The molecular formula is C6H8N2O. The molecule has 0 radical (unpaired) electrons. The summed E-state index contributed by atoms with van der Waals surface area (Å²) in [4.78, 5) is 7.81. The van der Waals surface area contributed by atoms with E-state index in [0.29, 0.717) is 5.69 Å². The van der Waals surface area contributed by atoms with Gasteiger partial charge in [0.2, 0.25) is 0 Å². The molecule has 1 heterocycles. The predicted octanol–water partition coefficient (Wildman–Crippen LogP) is 0.277. The molecule has 9 heavy (non-hydrogen) atoms. The van der Waals surface area contributed by atoms with Crippen LogP contribution in [0, 0.1) is 6.92 Å². The Morgan fingerprint density at radius 3 is 2.67 bits per heavy atom. The van der Waals surface area contributed by atoms with Gasteiger partial charge in [0.25, 0.3) is 0 Å². The van der Waals surface area contributed by atoms with E-state index >= 15 is 0 Å². The van der Waals surface area contributed by atoms with Crippen molar-refractivity contribution >= 4 is 0 Å². The maximum atomic E-state index is 8.53. The third kappa shape index (κ3) is 1.47. The van der Waals surface area contributed by atoms with E-state index in [1.807, 2.05) is 6.92 Å². The van der Waals surface area contributed by atoms with Crippen molar-refractivity contribution in [1.29, 1.82) is 0 Å². The highest BCUT2D eigenvalue weighted by Gasteiger charge is 1.88. The summed E-state index contributed by atoms with van der Waals surface area (Å²) in [6.07, 6.45) is 3.20. The maximum Gasteiger partial charge on any atom is 0.0868 e. The van der Waals surface area contributed by atoms with Gasteiger partial charge in [0.15, 0.2) is 0 Å². The summed E-state index contributed by atoms with van der Waals surface area (Å²) in [5, 5.41) is 8.53. The SMILES string of the molecule is Cc1cnc(CO)cn1. The van der Waals surface area contributed by atoms with Crippen molar-refractivity contribution in [2.45, 2.75) is 13.5 Å². The molecule has 0 saturated heterocycles. The minimum atomic E-state index is -0.0344. The van der Waals surface area contributed by atoms with E-state index in [1.165, 1.54) is 0 Å². The Morgan fingerprint density at radius 2 is 2.22 bits per heavy atom. The molecule has 0 fully saturated rings. The van der Waals surface area contributed by atoms with Crippen LogP contribution in [0.25, 0.3) is 0 Å². The van der Waals surface area contributed by atoms with Gasteiger partial charge >= 0.3 is 0 Å². The quantitative estimate of drug-likeness (QED) is 0.584. The van der Waals surface area contributed by atoms with Crippen LogP contribution in [-0.2, 0) is 6.61 Å². The topological polar surface area (TPSA) is 46.0 Å². The summed E-state index contributed by atoms with van der Waals surface area (Å²) in [6, 6.07) is 0. The first-order valence-corrected chi connectivity index (χ1v) is 2.71. The lowest BCUT2D eigenvalue weighted by Crippen LogP contribution is -1.90. The van der Waals surface area contributed by atoms with Crippen molar-refractivity contribution in [3.8, 4) is 0 Å². The summed E-state index contributed by atoms with van der Waals surface area (Å²) in [5.41, 5.74) is 1.48. The van der Waals surface area contributed by atoms with Crippen molar-refractivity contribution in [3.05, 3.63) is 23.8 Å². The van der Waals surface area contributed by atoms with Gasteiger partial charge in [-0.1, -0.05) is 0 Å². The zero-order chi connectivity index (χ0) is 6.69. The lowest BCUT2D eigenvalue weighted by atomic mass is 10.4. The Labute approximate surface area is 53.4 Å². The van der Waals surface area contributed by atoms with Crippen LogP contribution in [0.15, 0.2) is 12.4 Å². The van der Waals surface area contributed by atoms with Crippen molar-refractivity contribution in [2.75, 3.05) is 0 Å². The van der Waals surface area contributed by atoms with Crippen LogP contribution in [-0.4, -0.2) is 15.1 Å². The van der Waals surface area contributed by atoms with Crippen LogP contribution in [0.4, 0.5) is 0 Å². The molecule has 0 aliphatic rings. The Bertz CT molecular complexity index is 183. The number of rotatable bonds is 1. The number of aromatic nitrogens is 2. The highest BCUT2D eigenvalue weighted by atomic mass is 16.3. The molecule has 1 rings (SSSR count). The van der Waals surface area contributed by atoms with Gasteiger partial charge in [0.1, 0.15) is 0 Å². The molecule has 1 aromatic heterocycles. The highest BCUT2D eigenvalue weighted by Crippen LogP contribution is 1.91. The number of aryl methyl sites for hydroxylation is 1. The van der Waals surface area contributed by atoms with E-state index < -0.39 is 0 Å². The minimum Gasteiger partial charge on any atom is -0.390 e. The molecule has 1 N–H and O–H groups in total. The average molecular weight is 124 g/mol. The zero-order valence-electron chi connectivity index (χ0n) is 5.20. The number of aliphatic hydroxyl groups is 1. The van der Waals surface area contributed by atoms with E-state index in [1.54, 1.807) is 12.4 Å². The summed E-state index contributed by atoms with van der Waals surface area (Å²) in [5.74, 6) is 0. The standard InChI is InChI=1S/C6H8N2O/c1-5-2-8-6(4-9)3-7-5/h2-3,9H,4H2,1H3. The normalized spacial score (nSPS) is 9.56. The molecule has 0 aliphatic heterocycles. The van der Waals surface area contributed by atoms with Crippen LogP contribution in [0.1, 0.15) is 11.4 Å². The van der Waals surface area contributed by atoms with Crippen LogP contribution >= 0.6 is 0 Å². The lowest BCUT2D eigenvalue weighted by molar-refractivity contribution is 0.276. The molecule has 3 heteroatoms. The monoisotopic (exact) mass is 124 g/mol. The van der Waals surface area contributed by atoms with E-state index in [0.717, 1.165) is 5.69 Å². The Hall–Kier alpha value is -0.960. The third-order valence-electron chi connectivity index (χ3n) is 0.996. The molecule has 0 unspecified atom stereocenters. The van der Waals surface area contributed by atoms with Gasteiger partial charge in [-0.15, -0.1) is 0 Å². The third-order valence-corrected chi connectivity index (χ3v) is 0.996. The molecule has 0 aliphatic carbocycles. The Morgan fingerprint density at radius 1 is 1.44 bits per heavy atom. The molecule has 0 bridgehead atoms.